The maximum Gasteiger partial charge on any atom is 0.178 e. The molecule has 2 aromatic rings. The molecule has 0 amide bonds. The van der Waals surface area contributed by atoms with Crippen molar-refractivity contribution in [3.63, 3.8) is 0 Å². The second-order valence-corrected chi connectivity index (χ2v) is 5.47. The largest absolute Gasteiger partial charge is 0.409 e. The Balaban J connectivity index is 2.26. The van der Waals surface area contributed by atoms with Gasteiger partial charge in [-0.15, -0.1) is 10.2 Å². The third-order valence-corrected chi connectivity index (χ3v) is 4.15. The molecule has 0 atom stereocenters. The first-order valence-electron chi connectivity index (χ1n) is 4.42. The van der Waals surface area contributed by atoms with Crippen molar-refractivity contribution in [3.05, 3.63) is 34.3 Å². The van der Waals surface area contributed by atoms with E-state index in [0.29, 0.717) is 10.6 Å². The van der Waals surface area contributed by atoms with E-state index in [2.05, 4.69) is 15.4 Å². The summed E-state index contributed by atoms with van der Waals surface area (Å²) in [5.41, 5.74) is 7.69. The molecule has 8 heteroatoms. The third kappa shape index (κ3) is 2.87. The fourth-order valence-electron chi connectivity index (χ4n) is 1.10. The Morgan fingerprint density at radius 2 is 2.35 bits per heavy atom. The van der Waals surface area contributed by atoms with Gasteiger partial charge in [0.1, 0.15) is 5.51 Å². The van der Waals surface area contributed by atoms with Crippen LogP contribution in [-0.4, -0.2) is 21.2 Å². The van der Waals surface area contributed by atoms with Gasteiger partial charge in [-0.1, -0.05) is 39.9 Å². The molecule has 1 aromatic carbocycles. The van der Waals surface area contributed by atoms with Crippen LogP contribution in [0.25, 0.3) is 0 Å². The zero-order valence-electron chi connectivity index (χ0n) is 8.37. The van der Waals surface area contributed by atoms with Gasteiger partial charge in [0, 0.05) is 10.5 Å². The summed E-state index contributed by atoms with van der Waals surface area (Å²) in [4.78, 5) is 0.845. The molecule has 0 aliphatic rings. The van der Waals surface area contributed by atoms with Crippen molar-refractivity contribution < 1.29 is 5.21 Å². The molecule has 5 nitrogen and oxygen atoms in total. The SMILES string of the molecule is NC(=NO)c1ccc(Sc2nncs2)c(Cl)c1. The predicted molar refractivity (Wildman–Crippen MR) is 68.0 cm³/mol. The molecule has 0 radical (unpaired) electrons. The molecule has 2 rings (SSSR count). The molecule has 0 aliphatic carbocycles. The molecule has 1 heterocycles. The number of aromatic nitrogens is 2. The second-order valence-electron chi connectivity index (χ2n) is 2.94. The first kappa shape index (κ1) is 12.2. The van der Waals surface area contributed by atoms with E-state index in [4.69, 9.17) is 22.5 Å². The van der Waals surface area contributed by atoms with Crippen LogP contribution >= 0.6 is 34.7 Å². The van der Waals surface area contributed by atoms with Crippen molar-refractivity contribution in [2.45, 2.75) is 9.24 Å². The van der Waals surface area contributed by atoms with E-state index in [9.17, 15) is 0 Å². The van der Waals surface area contributed by atoms with E-state index in [1.165, 1.54) is 23.1 Å². The number of nitrogens with two attached hydrogens (primary N) is 1. The van der Waals surface area contributed by atoms with Gasteiger partial charge in [0.25, 0.3) is 0 Å². The van der Waals surface area contributed by atoms with E-state index in [-0.39, 0.29) is 5.84 Å². The van der Waals surface area contributed by atoms with Gasteiger partial charge >= 0.3 is 0 Å². The summed E-state index contributed by atoms with van der Waals surface area (Å²) in [6.45, 7) is 0. The molecular formula is C9H7ClN4OS2. The van der Waals surface area contributed by atoms with Gasteiger partial charge in [-0.25, -0.2) is 0 Å². The van der Waals surface area contributed by atoms with Crippen LogP contribution in [0.3, 0.4) is 0 Å². The summed E-state index contributed by atoms with van der Waals surface area (Å²) in [6, 6.07) is 5.16. The van der Waals surface area contributed by atoms with Crippen LogP contribution in [0, 0.1) is 0 Å². The van der Waals surface area contributed by atoms with Gasteiger partial charge in [-0.05, 0) is 18.2 Å². The average molecular weight is 287 g/mol. The molecule has 3 N–H and O–H groups in total. The van der Waals surface area contributed by atoms with Crippen molar-refractivity contribution in [2.24, 2.45) is 10.9 Å². The zero-order valence-corrected chi connectivity index (χ0v) is 10.8. The van der Waals surface area contributed by atoms with Gasteiger partial charge in [0.2, 0.25) is 0 Å². The lowest BCUT2D eigenvalue weighted by Gasteiger charge is -2.03. The van der Waals surface area contributed by atoms with Crippen LogP contribution in [0.4, 0.5) is 0 Å². The van der Waals surface area contributed by atoms with E-state index >= 15 is 0 Å². The number of nitrogens with zero attached hydrogens (tertiary/aromatic N) is 3. The summed E-state index contributed by atoms with van der Waals surface area (Å²) >= 11 is 8.94. The Morgan fingerprint density at radius 1 is 1.53 bits per heavy atom. The molecule has 0 aliphatic heterocycles. The number of amidine groups is 1. The summed E-state index contributed by atoms with van der Waals surface area (Å²) in [5, 5.41) is 19.6. The Morgan fingerprint density at radius 3 is 2.94 bits per heavy atom. The molecule has 0 bridgehead atoms. The molecule has 0 saturated heterocycles. The Bertz CT molecular complexity index is 544. The van der Waals surface area contributed by atoms with E-state index in [1.54, 1.807) is 23.7 Å². The highest BCUT2D eigenvalue weighted by molar-refractivity contribution is 8.01. The number of halogens is 1. The summed E-state index contributed by atoms with van der Waals surface area (Å²) in [5.74, 6) is 0.0272. The number of hydrogen-bond acceptors (Lipinski definition) is 6. The summed E-state index contributed by atoms with van der Waals surface area (Å²) in [6.07, 6.45) is 0. The lowest BCUT2D eigenvalue weighted by molar-refractivity contribution is 0.318. The van der Waals surface area contributed by atoms with Crippen LogP contribution in [0.2, 0.25) is 5.02 Å². The smallest absolute Gasteiger partial charge is 0.178 e. The fraction of sp³-hybridized carbons (Fsp3) is 0. The lowest BCUT2D eigenvalue weighted by Crippen LogP contribution is -2.12. The minimum atomic E-state index is 0.0272. The van der Waals surface area contributed by atoms with Gasteiger partial charge in [0.05, 0.1) is 5.02 Å². The number of hydrogen-bond donors (Lipinski definition) is 2. The average Bonchev–Trinajstić information content (AvgIpc) is 2.83. The number of oxime groups is 1. The normalized spacial score (nSPS) is 11.7. The first-order valence-corrected chi connectivity index (χ1v) is 6.49. The van der Waals surface area contributed by atoms with Crippen molar-refractivity contribution in [3.8, 4) is 0 Å². The Hall–Kier alpha value is -1.31. The molecule has 0 spiro atoms. The van der Waals surface area contributed by atoms with Gasteiger partial charge in [-0.2, -0.15) is 0 Å². The maximum absolute atomic E-state index is 8.55. The van der Waals surface area contributed by atoms with E-state index < -0.39 is 0 Å². The monoisotopic (exact) mass is 286 g/mol. The predicted octanol–water partition coefficient (Wildman–Crippen LogP) is 2.44. The number of benzene rings is 1. The van der Waals surface area contributed by atoms with Gasteiger partial charge in [-0.3, -0.25) is 0 Å². The summed E-state index contributed by atoms with van der Waals surface area (Å²) < 4.78 is 0.809. The minimum Gasteiger partial charge on any atom is -0.409 e. The molecule has 0 fully saturated rings. The van der Waals surface area contributed by atoms with Crippen LogP contribution in [0.1, 0.15) is 5.56 Å². The molecular weight excluding hydrogens is 280 g/mol. The van der Waals surface area contributed by atoms with Crippen molar-refractivity contribution in [1.29, 1.82) is 0 Å². The van der Waals surface area contributed by atoms with Crippen molar-refractivity contribution in [1.82, 2.24) is 10.2 Å². The van der Waals surface area contributed by atoms with Crippen molar-refractivity contribution >= 4 is 40.5 Å². The Labute approximate surface area is 110 Å². The van der Waals surface area contributed by atoms with Crippen LogP contribution in [0.15, 0.2) is 38.1 Å². The van der Waals surface area contributed by atoms with Crippen molar-refractivity contribution in [2.75, 3.05) is 0 Å². The standard InChI is InChI=1S/C9H7ClN4OS2/c10-6-3-5(8(11)14-15)1-2-7(6)17-9-13-12-4-16-9/h1-4,15H,(H2,11,14). The van der Waals surface area contributed by atoms with E-state index in [1.807, 2.05) is 0 Å². The molecule has 17 heavy (non-hydrogen) atoms. The number of rotatable bonds is 3. The molecule has 0 saturated carbocycles. The Kier molecular flexibility index (Phi) is 3.82. The highest BCUT2D eigenvalue weighted by Gasteiger charge is 2.08. The second kappa shape index (κ2) is 5.35. The fourth-order valence-corrected chi connectivity index (χ4v) is 2.84. The van der Waals surface area contributed by atoms with Gasteiger partial charge in [0.15, 0.2) is 10.2 Å². The quantitative estimate of drug-likeness (QED) is 0.392. The third-order valence-electron chi connectivity index (χ3n) is 1.87. The topological polar surface area (TPSA) is 84.4 Å². The van der Waals surface area contributed by atoms with Crippen LogP contribution in [-0.2, 0) is 0 Å². The van der Waals surface area contributed by atoms with Crippen LogP contribution < -0.4 is 5.73 Å². The van der Waals surface area contributed by atoms with Crippen LogP contribution in [0.5, 0.6) is 0 Å². The highest BCUT2D eigenvalue weighted by atomic mass is 35.5. The first-order chi connectivity index (χ1) is 8.20. The van der Waals surface area contributed by atoms with Gasteiger partial charge < -0.3 is 10.9 Å². The molecule has 1 aromatic heterocycles. The lowest BCUT2D eigenvalue weighted by atomic mass is 10.2. The summed E-state index contributed by atoms with van der Waals surface area (Å²) in [7, 11) is 0. The molecule has 0 unspecified atom stereocenters. The maximum atomic E-state index is 8.55. The van der Waals surface area contributed by atoms with E-state index in [0.717, 1.165) is 9.24 Å². The zero-order chi connectivity index (χ0) is 12.3. The minimum absolute atomic E-state index is 0.0272. The highest BCUT2D eigenvalue weighted by Crippen LogP contribution is 2.34. The molecule has 88 valence electrons.